The molecule has 0 bridgehead atoms. The van der Waals surface area contributed by atoms with Gasteiger partial charge in [0, 0.05) is 12.0 Å². The smallest absolute Gasteiger partial charge is 0.163 e. The third-order valence-electron chi connectivity index (χ3n) is 8.04. The van der Waals surface area contributed by atoms with Crippen LogP contribution in [0, 0.1) is 27.7 Å². The summed E-state index contributed by atoms with van der Waals surface area (Å²) >= 11 is 0. The maximum Gasteiger partial charge on any atom is 0.163 e. The minimum atomic E-state index is 0.375. The van der Waals surface area contributed by atoms with Crippen molar-refractivity contribution in [3.05, 3.63) is 72.8 Å². The minimum absolute atomic E-state index is 0.375. The molecule has 0 fully saturated rings. The monoisotopic (exact) mass is 384 g/mol. The van der Waals surface area contributed by atoms with Crippen molar-refractivity contribution < 1.29 is 4.79 Å². The van der Waals surface area contributed by atoms with Crippen molar-refractivity contribution in [3.63, 3.8) is 0 Å². The Hall–Kier alpha value is -2.15. The van der Waals surface area contributed by atoms with Crippen LogP contribution in [0.4, 0.5) is 0 Å². The molecule has 0 radical (unpaired) electrons. The van der Waals surface area contributed by atoms with Crippen molar-refractivity contribution in [2.24, 2.45) is 0 Å². The van der Waals surface area contributed by atoms with E-state index in [2.05, 4.69) is 39.8 Å². The summed E-state index contributed by atoms with van der Waals surface area (Å²) in [6.45, 7) is 8.97. The molecule has 0 saturated heterocycles. The highest BCUT2D eigenvalue weighted by Crippen LogP contribution is 2.38. The van der Waals surface area contributed by atoms with E-state index in [0.29, 0.717) is 5.78 Å². The average Bonchev–Trinajstić information content (AvgIpc) is 3.50. The molecule has 150 valence electrons. The molecule has 1 nitrogen and oxygen atoms in total. The number of benzene rings is 2. The van der Waals surface area contributed by atoms with E-state index in [0.717, 1.165) is 24.8 Å². The van der Waals surface area contributed by atoms with Crippen molar-refractivity contribution in [2.45, 2.75) is 85.5 Å². The van der Waals surface area contributed by atoms with Crippen molar-refractivity contribution in [2.75, 3.05) is 0 Å². The predicted molar refractivity (Wildman–Crippen MR) is 121 cm³/mol. The van der Waals surface area contributed by atoms with E-state index in [-0.39, 0.29) is 0 Å². The van der Waals surface area contributed by atoms with E-state index in [1.54, 1.807) is 33.4 Å². The summed E-state index contributed by atoms with van der Waals surface area (Å²) in [5.74, 6) is 0.375. The molecule has 6 rings (SSSR count). The first-order chi connectivity index (χ1) is 14.0. The zero-order valence-corrected chi connectivity index (χ0v) is 18.4. The highest BCUT2D eigenvalue weighted by atomic mass is 16.1. The van der Waals surface area contributed by atoms with Gasteiger partial charge in [-0.3, -0.25) is 4.79 Å². The zero-order chi connectivity index (χ0) is 20.3. The van der Waals surface area contributed by atoms with Gasteiger partial charge in [0.2, 0.25) is 0 Å². The van der Waals surface area contributed by atoms with Gasteiger partial charge < -0.3 is 0 Å². The summed E-state index contributed by atoms with van der Waals surface area (Å²) < 4.78 is 0. The van der Waals surface area contributed by atoms with Gasteiger partial charge in [0.05, 0.1) is 0 Å². The van der Waals surface area contributed by atoms with Crippen LogP contribution in [0.1, 0.15) is 90.8 Å². The molecule has 4 aliphatic carbocycles. The molecule has 0 N–H and O–H groups in total. The summed E-state index contributed by atoms with van der Waals surface area (Å²) in [4.78, 5) is 11.8. The Morgan fingerprint density at radius 3 is 1.79 bits per heavy atom. The Balaban J connectivity index is 0.000000125. The van der Waals surface area contributed by atoms with E-state index in [1.807, 2.05) is 0 Å². The summed E-state index contributed by atoms with van der Waals surface area (Å²) in [7, 11) is 0. The van der Waals surface area contributed by atoms with Crippen LogP contribution in [-0.2, 0) is 38.5 Å². The second-order valence-corrected chi connectivity index (χ2v) is 9.40. The first kappa shape index (κ1) is 18.9. The molecule has 29 heavy (non-hydrogen) atoms. The van der Waals surface area contributed by atoms with Crippen LogP contribution in [0.15, 0.2) is 6.08 Å². The molecule has 2 aromatic rings. The van der Waals surface area contributed by atoms with Gasteiger partial charge in [0.25, 0.3) is 0 Å². The lowest BCUT2D eigenvalue weighted by Crippen LogP contribution is -2.03. The molecule has 0 amide bonds. The molecule has 0 aliphatic heterocycles. The molecule has 0 spiro atoms. The van der Waals surface area contributed by atoms with Crippen LogP contribution in [0.25, 0.3) is 6.08 Å². The van der Waals surface area contributed by atoms with E-state index in [9.17, 15) is 4.79 Å². The summed E-state index contributed by atoms with van der Waals surface area (Å²) in [6, 6.07) is 0. The van der Waals surface area contributed by atoms with Gasteiger partial charge in [-0.05, 0) is 140 Å². The Bertz CT molecular complexity index is 1080. The lowest BCUT2D eigenvalue weighted by molar-refractivity contribution is 0.0994. The van der Waals surface area contributed by atoms with Crippen molar-refractivity contribution in [1.82, 2.24) is 0 Å². The fraction of sp³-hybridized carbons (Fsp3) is 0.464. The van der Waals surface area contributed by atoms with Crippen molar-refractivity contribution >= 4 is 11.9 Å². The number of hydrogen-bond donors (Lipinski definition) is 0. The molecule has 0 atom stereocenters. The van der Waals surface area contributed by atoms with Gasteiger partial charge in [0.1, 0.15) is 0 Å². The lowest BCUT2D eigenvalue weighted by atomic mass is 9.90. The average molecular weight is 385 g/mol. The summed E-state index contributed by atoms with van der Waals surface area (Å²) in [5.41, 5.74) is 17.8. The second kappa shape index (κ2) is 6.97. The van der Waals surface area contributed by atoms with Gasteiger partial charge in [-0.15, -0.1) is 0 Å². The summed E-state index contributed by atoms with van der Waals surface area (Å²) in [6.07, 6.45) is 15.2. The topological polar surface area (TPSA) is 17.1 Å². The standard InChI is InChI=1S/C14H16O.C14H16/c1-8-10-4-3-5-11(10)9(2)14-12(8)6-7-13(14)15;1-9-11-5-3-7-13(11)10(2)14-8-4-6-12(9)14/h3-7H2,1-2H3;3,5H,4,6-8H2,1-2H3. The van der Waals surface area contributed by atoms with Crippen LogP contribution >= 0.6 is 0 Å². The van der Waals surface area contributed by atoms with Crippen LogP contribution in [-0.4, -0.2) is 5.78 Å². The maximum atomic E-state index is 11.8. The molecule has 0 heterocycles. The number of ketones is 1. The quantitative estimate of drug-likeness (QED) is 0.522. The first-order valence-electron chi connectivity index (χ1n) is 11.5. The normalized spacial score (nSPS) is 17.7. The Morgan fingerprint density at radius 2 is 1.14 bits per heavy atom. The highest BCUT2D eigenvalue weighted by molar-refractivity contribution is 6.02. The highest BCUT2D eigenvalue weighted by Gasteiger charge is 2.29. The molecular formula is C28H32O. The molecule has 4 aliphatic rings. The van der Waals surface area contributed by atoms with E-state index in [1.165, 1.54) is 66.3 Å². The number of carbonyl (C=O) groups is 1. The van der Waals surface area contributed by atoms with Crippen LogP contribution in [0.5, 0.6) is 0 Å². The number of carbonyl (C=O) groups excluding carboxylic acids is 1. The van der Waals surface area contributed by atoms with Gasteiger partial charge in [-0.2, -0.15) is 0 Å². The van der Waals surface area contributed by atoms with Crippen LogP contribution in [0.3, 0.4) is 0 Å². The molecule has 0 saturated carbocycles. The minimum Gasteiger partial charge on any atom is -0.294 e. The molecule has 2 aromatic carbocycles. The number of fused-ring (bicyclic) bond motifs is 4. The number of Topliss-reactive ketones (excluding diaryl/α,β-unsaturated/α-hetero) is 1. The predicted octanol–water partition coefficient (Wildman–Crippen LogP) is 6.28. The van der Waals surface area contributed by atoms with Gasteiger partial charge in [-0.1, -0.05) is 12.2 Å². The first-order valence-corrected chi connectivity index (χ1v) is 11.5. The third-order valence-corrected chi connectivity index (χ3v) is 8.04. The van der Waals surface area contributed by atoms with Crippen LogP contribution in [0.2, 0.25) is 0 Å². The fourth-order valence-electron chi connectivity index (χ4n) is 6.50. The number of allylic oxidation sites excluding steroid dienone is 1. The molecule has 0 unspecified atom stereocenters. The van der Waals surface area contributed by atoms with Gasteiger partial charge in [-0.25, -0.2) is 0 Å². The van der Waals surface area contributed by atoms with E-state index in [4.69, 9.17) is 0 Å². The third kappa shape index (κ3) is 2.77. The van der Waals surface area contributed by atoms with Crippen molar-refractivity contribution in [1.29, 1.82) is 0 Å². The molecule has 1 heteroatoms. The lowest BCUT2D eigenvalue weighted by Gasteiger charge is -2.14. The zero-order valence-electron chi connectivity index (χ0n) is 18.4. The van der Waals surface area contributed by atoms with Gasteiger partial charge in [0.15, 0.2) is 5.78 Å². The summed E-state index contributed by atoms with van der Waals surface area (Å²) in [5, 5.41) is 0. The second-order valence-electron chi connectivity index (χ2n) is 9.40. The van der Waals surface area contributed by atoms with E-state index >= 15 is 0 Å². The molecule has 0 aromatic heterocycles. The van der Waals surface area contributed by atoms with Crippen molar-refractivity contribution in [3.8, 4) is 0 Å². The largest absolute Gasteiger partial charge is 0.294 e. The fourth-order valence-corrected chi connectivity index (χ4v) is 6.50. The Morgan fingerprint density at radius 1 is 0.586 bits per heavy atom. The maximum absolute atomic E-state index is 11.8. The van der Waals surface area contributed by atoms with E-state index < -0.39 is 0 Å². The Kier molecular flexibility index (Phi) is 4.53. The van der Waals surface area contributed by atoms with Crippen LogP contribution < -0.4 is 0 Å². The number of rotatable bonds is 0. The SMILES string of the molecule is Cc1c2c(c(C)c3c1CCC3)CC=C2.Cc1c2c(c(C)c3c1CCC3=O)CCC2. The molecular weight excluding hydrogens is 352 g/mol. The Labute approximate surface area is 175 Å². The van der Waals surface area contributed by atoms with Gasteiger partial charge >= 0.3 is 0 Å². The number of hydrogen-bond acceptors (Lipinski definition) is 1.